The van der Waals surface area contributed by atoms with E-state index in [2.05, 4.69) is 50.6 Å². The molecule has 0 amide bonds. The van der Waals surface area contributed by atoms with Crippen molar-refractivity contribution in [2.75, 3.05) is 23.4 Å². The summed E-state index contributed by atoms with van der Waals surface area (Å²) in [6.45, 7) is 2.06. The SMILES string of the molecule is NNc1cncc(N2CCC(Cc3ccccc3)CC2)n1. The number of nitrogens with one attached hydrogen (secondary N) is 1. The second kappa shape index (κ2) is 6.54. The summed E-state index contributed by atoms with van der Waals surface area (Å²) < 4.78 is 0. The summed E-state index contributed by atoms with van der Waals surface area (Å²) in [4.78, 5) is 10.9. The maximum Gasteiger partial charge on any atom is 0.160 e. The van der Waals surface area contributed by atoms with E-state index in [0.29, 0.717) is 5.82 Å². The summed E-state index contributed by atoms with van der Waals surface area (Å²) >= 11 is 0. The van der Waals surface area contributed by atoms with Crippen molar-refractivity contribution in [1.29, 1.82) is 0 Å². The largest absolute Gasteiger partial charge is 0.355 e. The van der Waals surface area contributed by atoms with Crippen molar-refractivity contribution in [1.82, 2.24) is 9.97 Å². The van der Waals surface area contributed by atoms with Crippen LogP contribution in [0.15, 0.2) is 42.7 Å². The van der Waals surface area contributed by atoms with E-state index in [1.807, 2.05) is 0 Å². The van der Waals surface area contributed by atoms with Gasteiger partial charge in [-0.15, -0.1) is 0 Å². The van der Waals surface area contributed by atoms with Gasteiger partial charge in [0.1, 0.15) is 5.82 Å². The molecule has 1 aliphatic heterocycles. The molecule has 1 aliphatic rings. The molecule has 21 heavy (non-hydrogen) atoms. The number of nitrogen functional groups attached to an aromatic ring is 1. The van der Waals surface area contributed by atoms with E-state index in [0.717, 1.165) is 24.8 Å². The van der Waals surface area contributed by atoms with Crippen LogP contribution in [0, 0.1) is 5.92 Å². The van der Waals surface area contributed by atoms with Crippen LogP contribution in [0.2, 0.25) is 0 Å². The smallest absolute Gasteiger partial charge is 0.160 e. The van der Waals surface area contributed by atoms with Crippen LogP contribution in [0.4, 0.5) is 11.6 Å². The molecule has 3 N–H and O–H groups in total. The molecule has 0 radical (unpaired) electrons. The first-order valence-electron chi connectivity index (χ1n) is 7.42. The number of nitrogens with zero attached hydrogens (tertiary/aromatic N) is 3. The fourth-order valence-corrected chi connectivity index (χ4v) is 2.89. The Morgan fingerprint density at radius 1 is 1.14 bits per heavy atom. The molecule has 1 aromatic carbocycles. The molecule has 3 rings (SSSR count). The van der Waals surface area contributed by atoms with Crippen molar-refractivity contribution in [3.63, 3.8) is 0 Å². The maximum absolute atomic E-state index is 5.39. The Morgan fingerprint density at radius 3 is 2.62 bits per heavy atom. The monoisotopic (exact) mass is 283 g/mol. The minimum Gasteiger partial charge on any atom is -0.355 e. The van der Waals surface area contributed by atoms with Crippen molar-refractivity contribution < 1.29 is 0 Å². The lowest BCUT2D eigenvalue weighted by molar-refractivity contribution is 0.402. The highest BCUT2D eigenvalue weighted by Crippen LogP contribution is 2.24. The summed E-state index contributed by atoms with van der Waals surface area (Å²) in [5.74, 6) is 7.66. The minimum atomic E-state index is 0.610. The van der Waals surface area contributed by atoms with E-state index >= 15 is 0 Å². The van der Waals surface area contributed by atoms with Gasteiger partial charge in [0.2, 0.25) is 0 Å². The van der Waals surface area contributed by atoms with Crippen LogP contribution in [0.25, 0.3) is 0 Å². The molecule has 1 aromatic heterocycles. The topological polar surface area (TPSA) is 67.1 Å². The highest BCUT2D eigenvalue weighted by Gasteiger charge is 2.20. The predicted molar refractivity (Wildman–Crippen MR) is 84.9 cm³/mol. The van der Waals surface area contributed by atoms with Crippen molar-refractivity contribution in [3.8, 4) is 0 Å². The van der Waals surface area contributed by atoms with E-state index in [1.165, 1.54) is 24.8 Å². The molecule has 0 spiro atoms. The van der Waals surface area contributed by atoms with Crippen LogP contribution >= 0.6 is 0 Å². The second-order valence-electron chi connectivity index (χ2n) is 5.53. The van der Waals surface area contributed by atoms with Gasteiger partial charge in [-0.1, -0.05) is 30.3 Å². The Balaban J connectivity index is 1.57. The number of benzene rings is 1. The number of hydrogen-bond acceptors (Lipinski definition) is 5. The van der Waals surface area contributed by atoms with Crippen molar-refractivity contribution in [2.24, 2.45) is 11.8 Å². The Labute approximate surface area is 125 Å². The summed E-state index contributed by atoms with van der Waals surface area (Å²) in [6, 6.07) is 10.7. The lowest BCUT2D eigenvalue weighted by Gasteiger charge is -2.32. The standard InChI is InChI=1S/C16H21N5/c17-20-15-11-18-12-16(19-15)21-8-6-14(7-9-21)10-13-4-2-1-3-5-13/h1-5,11-12,14H,6-10,17H2,(H,19,20). The van der Waals surface area contributed by atoms with Gasteiger partial charge >= 0.3 is 0 Å². The zero-order valence-electron chi connectivity index (χ0n) is 12.1. The molecule has 5 nitrogen and oxygen atoms in total. The van der Waals surface area contributed by atoms with Gasteiger partial charge in [0.15, 0.2) is 5.82 Å². The molecular weight excluding hydrogens is 262 g/mol. The van der Waals surface area contributed by atoms with Crippen LogP contribution in [0.3, 0.4) is 0 Å². The molecular formula is C16H21N5. The predicted octanol–water partition coefficient (Wildman–Crippen LogP) is 2.22. The summed E-state index contributed by atoms with van der Waals surface area (Å²) in [7, 11) is 0. The molecule has 0 unspecified atom stereocenters. The van der Waals surface area contributed by atoms with Gasteiger partial charge in [-0.05, 0) is 30.7 Å². The third-order valence-corrected chi connectivity index (χ3v) is 4.08. The third kappa shape index (κ3) is 3.49. The highest BCUT2D eigenvalue weighted by molar-refractivity contribution is 5.43. The van der Waals surface area contributed by atoms with Gasteiger partial charge in [0.25, 0.3) is 0 Å². The van der Waals surface area contributed by atoms with Crippen LogP contribution in [0.1, 0.15) is 18.4 Å². The first-order valence-corrected chi connectivity index (χ1v) is 7.42. The zero-order valence-corrected chi connectivity index (χ0v) is 12.1. The van der Waals surface area contributed by atoms with E-state index in [4.69, 9.17) is 5.84 Å². The average Bonchev–Trinajstić information content (AvgIpc) is 2.56. The van der Waals surface area contributed by atoms with Crippen LogP contribution in [-0.2, 0) is 6.42 Å². The van der Waals surface area contributed by atoms with Gasteiger partial charge in [-0.3, -0.25) is 4.98 Å². The quantitative estimate of drug-likeness (QED) is 0.665. The lowest BCUT2D eigenvalue weighted by Crippen LogP contribution is -2.35. The number of hydrazine groups is 1. The van der Waals surface area contributed by atoms with Crippen molar-refractivity contribution in [3.05, 3.63) is 48.3 Å². The Morgan fingerprint density at radius 2 is 1.90 bits per heavy atom. The van der Waals surface area contributed by atoms with Crippen LogP contribution < -0.4 is 16.2 Å². The molecule has 2 aromatic rings. The molecule has 0 atom stereocenters. The fourth-order valence-electron chi connectivity index (χ4n) is 2.89. The third-order valence-electron chi connectivity index (χ3n) is 4.08. The molecule has 110 valence electrons. The van der Waals surface area contributed by atoms with E-state index in [9.17, 15) is 0 Å². The number of piperidine rings is 1. The van der Waals surface area contributed by atoms with Gasteiger partial charge in [0.05, 0.1) is 12.4 Å². The van der Waals surface area contributed by atoms with Gasteiger partial charge in [0, 0.05) is 13.1 Å². The van der Waals surface area contributed by atoms with Gasteiger partial charge in [-0.2, -0.15) is 0 Å². The Kier molecular flexibility index (Phi) is 4.31. The molecule has 0 bridgehead atoms. The summed E-state index contributed by atoms with van der Waals surface area (Å²) in [6.07, 6.45) is 6.99. The highest BCUT2D eigenvalue weighted by atomic mass is 15.3. The zero-order chi connectivity index (χ0) is 14.5. The van der Waals surface area contributed by atoms with Crippen molar-refractivity contribution in [2.45, 2.75) is 19.3 Å². The lowest BCUT2D eigenvalue weighted by atomic mass is 9.90. The Bertz CT molecular complexity index is 564. The number of nitrogens with two attached hydrogens (primary N) is 1. The molecule has 5 heteroatoms. The van der Waals surface area contributed by atoms with Crippen molar-refractivity contribution >= 4 is 11.6 Å². The van der Waals surface area contributed by atoms with Crippen LogP contribution in [0.5, 0.6) is 0 Å². The van der Waals surface area contributed by atoms with E-state index in [1.54, 1.807) is 12.4 Å². The number of rotatable bonds is 4. The normalized spacial score (nSPS) is 16.0. The first-order chi connectivity index (χ1) is 10.3. The second-order valence-corrected chi connectivity index (χ2v) is 5.53. The van der Waals surface area contributed by atoms with Gasteiger partial charge < -0.3 is 10.3 Å². The van der Waals surface area contributed by atoms with Gasteiger partial charge in [-0.25, -0.2) is 10.8 Å². The maximum atomic E-state index is 5.39. The molecule has 0 aliphatic carbocycles. The minimum absolute atomic E-state index is 0.610. The fraction of sp³-hybridized carbons (Fsp3) is 0.375. The summed E-state index contributed by atoms with van der Waals surface area (Å²) in [5, 5.41) is 0. The van der Waals surface area contributed by atoms with E-state index < -0.39 is 0 Å². The van der Waals surface area contributed by atoms with Crippen LogP contribution in [-0.4, -0.2) is 23.1 Å². The molecule has 2 heterocycles. The van der Waals surface area contributed by atoms with E-state index in [-0.39, 0.29) is 0 Å². The molecule has 1 saturated heterocycles. The number of anilines is 2. The first kappa shape index (κ1) is 13.8. The average molecular weight is 283 g/mol. The number of hydrogen-bond donors (Lipinski definition) is 2. The number of aromatic nitrogens is 2. The molecule has 1 fully saturated rings. The summed E-state index contributed by atoms with van der Waals surface area (Å²) in [5.41, 5.74) is 3.98. The Hall–Kier alpha value is -2.14. The molecule has 0 saturated carbocycles.